The quantitative estimate of drug-likeness (QED) is 0.592. The van der Waals surface area contributed by atoms with E-state index in [1.54, 1.807) is 0 Å². The Morgan fingerprint density at radius 1 is 1.08 bits per heavy atom. The van der Waals surface area contributed by atoms with Crippen LogP contribution in [0.3, 0.4) is 0 Å². The number of imide groups is 1. The molecule has 2 amide bonds. The molecule has 140 valence electrons. The van der Waals surface area contributed by atoms with Gasteiger partial charge in [-0.25, -0.2) is 0 Å². The van der Waals surface area contributed by atoms with E-state index >= 15 is 0 Å². The van der Waals surface area contributed by atoms with Crippen molar-refractivity contribution < 1.29 is 19.1 Å². The number of fused-ring (bicyclic) bond motifs is 2. The second kappa shape index (κ2) is 6.80. The SMILES string of the molecule is CC1(C(=O)OCCC2SCCCS2)C[C@@]2(C)C[C@@](C)(C1)C(=O)NC2=O. The standard InChI is InChI=1S/C18H27NO4S2/c1-16-9-17(2,14(21)19-13(16)20)11-18(3,10-16)15(22)23-6-5-12-24-7-4-8-25-12/h12H,4-11H2,1-3H3,(H,19,20,21)/t16-,17+,18?. The number of carbonyl (C=O) groups excluding carboxylic acids is 3. The first-order chi connectivity index (χ1) is 11.7. The van der Waals surface area contributed by atoms with Gasteiger partial charge in [-0.1, -0.05) is 13.8 Å². The summed E-state index contributed by atoms with van der Waals surface area (Å²) in [6, 6.07) is 0. The number of piperidine rings is 1. The van der Waals surface area contributed by atoms with Gasteiger partial charge >= 0.3 is 5.97 Å². The highest BCUT2D eigenvalue weighted by atomic mass is 32.2. The highest BCUT2D eigenvalue weighted by Crippen LogP contribution is 2.56. The molecule has 1 aliphatic carbocycles. The maximum absolute atomic E-state index is 12.8. The van der Waals surface area contributed by atoms with Crippen LogP contribution in [0.15, 0.2) is 0 Å². The second-order valence-electron chi connectivity index (χ2n) is 8.44. The number of hydrogen-bond acceptors (Lipinski definition) is 6. The summed E-state index contributed by atoms with van der Waals surface area (Å²) in [5.74, 6) is 1.57. The lowest BCUT2D eigenvalue weighted by Gasteiger charge is -2.52. The molecule has 3 atom stereocenters. The highest BCUT2D eigenvalue weighted by Gasteiger charge is 2.61. The molecule has 3 aliphatic rings. The summed E-state index contributed by atoms with van der Waals surface area (Å²) >= 11 is 3.87. The number of esters is 1. The molecule has 2 heterocycles. The summed E-state index contributed by atoms with van der Waals surface area (Å²) in [7, 11) is 0. The Morgan fingerprint density at radius 2 is 1.64 bits per heavy atom. The first kappa shape index (κ1) is 19.1. The summed E-state index contributed by atoms with van der Waals surface area (Å²) in [5.41, 5.74) is -2.17. The van der Waals surface area contributed by atoms with E-state index in [9.17, 15) is 14.4 Å². The summed E-state index contributed by atoms with van der Waals surface area (Å²) in [5, 5.41) is 2.49. The van der Waals surface area contributed by atoms with Crippen LogP contribution in [0, 0.1) is 16.2 Å². The average Bonchev–Trinajstić information content (AvgIpc) is 2.53. The van der Waals surface area contributed by atoms with E-state index in [0.29, 0.717) is 30.5 Å². The molecule has 2 saturated heterocycles. The van der Waals surface area contributed by atoms with Crippen LogP contribution in [-0.2, 0) is 19.1 Å². The Bertz CT molecular complexity index is 562. The van der Waals surface area contributed by atoms with Gasteiger partial charge in [-0.05, 0) is 44.1 Å². The van der Waals surface area contributed by atoms with E-state index < -0.39 is 16.2 Å². The molecular formula is C18H27NO4S2. The van der Waals surface area contributed by atoms with Crippen molar-refractivity contribution in [3.8, 4) is 0 Å². The van der Waals surface area contributed by atoms with Gasteiger partial charge in [0.15, 0.2) is 0 Å². The Hall–Kier alpha value is -0.690. The van der Waals surface area contributed by atoms with Crippen molar-refractivity contribution in [1.29, 1.82) is 0 Å². The summed E-state index contributed by atoms with van der Waals surface area (Å²) < 4.78 is 6.11. The van der Waals surface area contributed by atoms with Gasteiger partial charge in [0.1, 0.15) is 0 Å². The average molecular weight is 386 g/mol. The molecule has 5 nitrogen and oxygen atoms in total. The number of carbonyl (C=O) groups is 3. The Labute approximate surface area is 157 Å². The molecule has 2 aliphatic heterocycles. The van der Waals surface area contributed by atoms with Crippen LogP contribution in [0.1, 0.15) is 52.9 Å². The third-order valence-electron chi connectivity index (χ3n) is 5.64. The largest absolute Gasteiger partial charge is 0.465 e. The molecule has 3 rings (SSSR count). The fourth-order valence-corrected chi connectivity index (χ4v) is 7.59. The van der Waals surface area contributed by atoms with Gasteiger partial charge in [0, 0.05) is 17.3 Å². The fraction of sp³-hybridized carbons (Fsp3) is 0.833. The molecule has 0 spiro atoms. The fourth-order valence-electron chi connectivity index (χ4n) is 4.77. The first-order valence-corrected chi connectivity index (χ1v) is 11.0. The van der Waals surface area contributed by atoms with Crippen molar-refractivity contribution in [3.63, 3.8) is 0 Å². The van der Waals surface area contributed by atoms with E-state index in [4.69, 9.17) is 4.74 Å². The molecule has 1 saturated carbocycles. The molecular weight excluding hydrogens is 358 g/mol. The van der Waals surface area contributed by atoms with Gasteiger partial charge in [-0.3, -0.25) is 19.7 Å². The summed E-state index contributed by atoms with van der Waals surface area (Å²) in [6.07, 6.45) is 3.46. The Balaban J connectivity index is 1.64. The normalized spacial score (nSPS) is 39.0. The van der Waals surface area contributed by atoms with Crippen LogP contribution in [0.5, 0.6) is 0 Å². The number of hydrogen-bond donors (Lipinski definition) is 1. The molecule has 0 aromatic carbocycles. The Kier molecular flexibility index (Phi) is 5.19. The van der Waals surface area contributed by atoms with Crippen LogP contribution in [0.25, 0.3) is 0 Å². The molecule has 0 radical (unpaired) electrons. The predicted molar refractivity (Wildman–Crippen MR) is 100 cm³/mol. The molecule has 2 bridgehead atoms. The van der Waals surface area contributed by atoms with E-state index in [2.05, 4.69) is 5.32 Å². The van der Waals surface area contributed by atoms with Gasteiger partial charge in [0.25, 0.3) is 0 Å². The molecule has 0 aromatic heterocycles. The zero-order valence-corrected chi connectivity index (χ0v) is 16.8. The van der Waals surface area contributed by atoms with Crippen LogP contribution >= 0.6 is 23.5 Å². The monoisotopic (exact) mass is 385 g/mol. The molecule has 1 N–H and O–H groups in total. The van der Waals surface area contributed by atoms with Gasteiger partial charge in [0.05, 0.1) is 16.6 Å². The third kappa shape index (κ3) is 3.72. The first-order valence-electron chi connectivity index (χ1n) is 8.93. The van der Waals surface area contributed by atoms with Crippen LogP contribution < -0.4 is 5.32 Å². The van der Waals surface area contributed by atoms with Crippen molar-refractivity contribution >= 4 is 41.3 Å². The van der Waals surface area contributed by atoms with Crippen LogP contribution in [0.2, 0.25) is 0 Å². The zero-order valence-electron chi connectivity index (χ0n) is 15.2. The van der Waals surface area contributed by atoms with E-state index in [1.807, 2.05) is 44.3 Å². The summed E-state index contributed by atoms with van der Waals surface area (Å²) in [6.45, 7) is 5.97. The number of rotatable bonds is 4. The van der Waals surface area contributed by atoms with Gasteiger partial charge in [-0.2, -0.15) is 0 Å². The number of thioether (sulfide) groups is 2. The van der Waals surface area contributed by atoms with Crippen molar-refractivity contribution in [2.45, 2.75) is 57.5 Å². The lowest BCUT2D eigenvalue weighted by Crippen LogP contribution is -2.63. The third-order valence-corrected chi connectivity index (χ3v) is 8.72. The van der Waals surface area contributed by atoms with Crippen LogP contribution in [0.4, 0.5) is 0 Å². The summed E-state index contributed by atoms with van der Waals surface area (Å²) in [4.78, 5) is 37.5. The smallest absolute Gasteiger partial charge is 0.311 e. The van der Waals surface area contributed by atoms with Crippen molar-refractivity contribution in [2.75, 3.05) is 18.1 Å². The van der Waals surface area contributed by atoms with Gasteiger partial charge < -0.3 is 4.74 Å². The number of ether oxygens (including phenoxy) is 1. The minimum atomic E-state index is -0.790. The second-order valence-corrected chi connectivity index (χ2v) is 11.4. The van der Waals surface area contributed by atoms with E-state index in [0.717, 1.165) is 6.42 Å². The number of amides is 2. The maximum atomic E-state index is 12.8. The number of nitrogens with one attached hydrogen (secondary N) is 1. The minimum Gasteiger partial charge on any atom is -0.465 e. The molecule has 1 unspecified atom stereocenters. The van der Waals surface area contributed by atoms with E-state index in [-0.39, 0.29) is 17.8 Å². The lowest BCUT2D eigenvalue weighted by atomic mass is 9.52. The van der Waals surface area contributed by atoms with Gasteiger partial charge in [-0.15, -0.1) is 23.5 Å². The zero-order chi connectivity index (χ0) is 18.3. The molecule has 0 aromatic rings. The Morgan fingerprint density at radius 3 is 2.20 bits per heavy atom. The maximum Gasteiger partial charge on any atom is 0.311 e. The van der Waals surface area contributed by atoms with Crippen molar-refractivity contribution in [2.24, 2.45) is 16.2 Å². The van der Waals surface area contributed by atoms with Crippen molar-refractivity contribution in [3.05, 3.63) is 0 Å². The topological polar surface area (TPSA) is 72.5 Å². The lowest BCUT2D eigenvalue weighted by molar-refractivity contribution is -0.174. The van der Waals surface area contributed by atoms with Gasteiger partial charge in [0.2, 0.25) is 11.8 Å². The molecule has 7 heteroatoms. The van der Waals surface area contributed by atoms with Crippen molar-refractivity contribution in [1.82, 2.24) is 5.32 Å². The minimum absolute atomic E-state index is 0.260. The predicted octanol–water partition coefficient (Wildman–Crippen LogP) is 2.98. The molecule has 3 fully saturated rings. The molecule has 25 heavy (non-hydrogen) atoms. The highest BCUT2D eigenvalue weighted by molar-refractivity contribution is 8.17. The van der Waals surface area contributed by atoms with E-state index in [1.165, 1.54) is 17.9 Å². The van der Waals surface area contributed by atoms with Crippen LogP contribution in [-0.4, -0.2) is 40.5 Å².